The summed E-state index contributed by atoms with van der Waals surface area (Å²) < 4.78 is 0.819. The monoisotopic (exact) mass is 351 g/mol. The number of benzene rings is 1. The lowest BCUT2D eigenvalue weighted by Gasteiger charge is -2.19. The highest BCUT2D eigenvalue weighted by Gasteiger charge is 2.15. The number of hydrogen-bond donors (Lipinski definition) is 2. The van der Waals surface area contributed by atoms with E-state index >= 15 is 0 Å². The van der Waals surface area contributed by atoms with E-state index in [4.69, 9.17) is 11.0 Å². The molecule has 0 aliphatic rings. The second kappa shape index (κ2) is 8.81. The summed E-state index contributed by atoms with van der Waals surface area (Å²) in [5, 5.41) is 11.9. The molecule has 21 heavy (non-hydrogen) atoms. The van der Waals surface area contributed by atoms with Crippen LogP contribution in [-0.4, -0.2) is 12.5 Å². The van der Waals surface area contributed by atoms with Gasteiger partial charge in [-0.15, -0.1) is 0 Å². The summed E-state index contributed by atoms with van der Waals surface area (Å²) in [6.45, 7) is 4.96. The lowest BCUT2D eigenvalue weighted by atomic mass is 9.88. The Labute approximate surface area is 134 Å². The Balaban J connectivity index is 2.60. The van der Waals surface area contributed by atoms with Gasteiger partial charge in [0, 0.05) is 10.9 Å². The maximum Gasteiger partial charge on any atom is 0.224 e. The average Bonchev–Trinajstić information content (AvgIpc) is 2.44. The molecule has 0 aliphatic carbocycles. The van der Waals surface area contributed by atoms with Crippen LogP contribution in [-0.2, 0) is 4.79 Å². The number of hydrogen-bond acceptors (Lipinski definition) is 3. The lowest BCUT2D eigenvalue weighted by Crippen LogP contribution is -2.18. The lowest BCUT2D eigenvalue weighted by molar-refractivity contribution is -0.116. The van der Waals surface area contributed by atoms with Crippen LogP contribution in [0.1, 0.15) is 38.7 Å². The first kappa shape index (κ1) is 17.7. The number of nitrogens with zero attached hydrogens (tertiary/aromatic N) is 1. The van der Waals surface area contributed by atoms with E-state index in [9.17, 15) is 4.79 Å². The molecule has 114 valence electrons. The van der Waals surface area contributed by atoms with Gasteiger partial charge in [0.2, 0.25) is 5.91 Å². The molecule has 1 aromatic carbocycles. The molecule has 0 spiro atoms. The average molecular weight is 352 g/mol. The Morgan fingerprint density at radius 1 is 1.43 bits per heavy atom. The van der Waals surface area contributed by atoms with Gasteiger partial charge in [-0.25, -0.2) is 0 Å². The molecule has 0 saturated heterocycles. The van der Waals surface area contributed by atoms with E-state index in [1.165, 1.54) is 0 Å². The number of carbonyl (C=O) groups excluding carboxylic acids is 1. The van der Waals surface area contributed by atoms with Crippen molar-refractivity contribution in [1.29, 1.82) is 5.26 Å². The van der Waals surface area contributed by atoms with Crippen LogP contribution in [0.2, 0.25) is 0 Å². The Morgan fingerprint density at radius 2 is 2.14 bits per heavy atom. The largest absolute Gasteiger partial charge is 0.330 e. The Hall–Kier alpha value is -1.38. The highest BCUT2D eigenvalue weighted by atomic mass is 79.9. The van der Waals surface area contributed by atoms with E-state index in [1.54, 1.807) is 12.1 Å². The maximum absolute atomic E-state index is 12.0. The third-order valence-electron chi connectivity index (χ3n) is 3.60. The van der Waals surface area contributed by atoms with Crippen LogP contribution in [0.5, 0.6) is 0 Å². The fraction of sp³-hybridized carbons (Fsp3) is 0.500. The summed E-state index contributed by atoms with van der Waals surface area (Å²) in [6, 6.07) is 7.32. The zero-order valence-corrected chi connectivity index (χ0v) is 14.1. The van der Waals surface area contributed by atoms with Crippen molar-refractivity contribution in [2.24, 2.45) is 17.6 Å². The molecular formula is C16H22BrN3O. The van der Waals surface area contributed by atoms with Gasteiger partial charge in [0.15, 0.2) is 0 Å². The molecule has 0 fully saturated rings. The summed E-state index contributed by atoms with van der Waals surface area (Å²) >= 11 is 3.31. The van der Waals surface area contributed by atoms with Crippen molar-refractivity contribution in [2.45, 2.75) is 33.1 Å². The molecule has 1 amide bonds. The minimum atomic E-state index is -0.0588. The summed E-state index contributed by atoms with van der Waals surface area (Å²) in [5.41, 5.74) is 6.63. The fourth-order valence-electron chi connectivity index (χ4n) is 2.27. The van der Waals surface area contributed by atoms with Crippen LogP contribution in [0.3, 0.4) is 0 Å². The van der Waals surface area contributed by atoms with Crippen molar-refractivity contribution in [3.63, 3.8) is 0 Å². The Bertz CT molecular complexity index is 523. The smallest absolute Gasteiger partial charge is 0.224 e. The van der Waals surface area contributed by atoms with Crippen molar-refractivity contribution >= 4 is 27.5 Å². The molecule has 0 radical (unpaired) electrons. The van der Waals surface area contributed by atoms with E-state index in [-0.39, 0.29) is 5.91 Å². The number of nitrogens with one attached hydrogen (secondary N) is 1. The normalized spacial score (nSPS) is 12.0. The number of anilines is 1. The molecule has 0 aliphatic heterocycles. The van der Waals surface area contributed by atoms with Crippen molar-refractivity contribution in [3.05, 3.63) is 28.2 Å². The quantitative estimate of drug-likeness (QED) is 0.786. The highest BCUT2D eigenvalue weighted by molar-refractivity contribution is 9.10. The van der Waals surface area contributed by atoms with E-state index in [0.717, 1.165) is 17.3 Å². The van der Waals surface area contributed by atoms with Gasteiger partial charge in [-0.05, 0) is 49.4 Å². The van der Waals surface area contributed by atoms with Gasteiger partial charge in [0.25, 0.3) is 0 Å². The SMILES string of the molecule is CC(C)C(CCN)CCC(=O)Nc1ccc(Br)cc1C#N. The molecule has 0 bridgehead atoms. The zero-order valence-electron chi connectivity index (χ0n) is 12.5. The molecular weight excluding hydrogens is 330 g/mol. The number of nitrogens with two attached hydrogens (primary N) is 1. The molecule has 1 aromatic rings. The fourth-order valence-corrected chi connectivity index (χ4v) is 2.63. The molecule has 1 atom stereocenters. The predicted molar refractivity (Wildman–Crippen MR) is 88.7 cm³/mol. The Morgan fingerprint density at radius 3 is 2.71 bits per heavy atom. The van der Waals surface area contributed by atoms with Crippen LogP contribution in [0.15, 0.2) is 22.7 Å². The molecule has 1 rings (SSSR count). The summed E-state index contributed by atoms with van der Waals surface area (Å²) in [5.74, 6) is 0.918. The Kier molecular flexibility index (Phi) is 7.41. The second-order valence-electron chi connectivity index (χ2n) is 5.47. The molecule has 1 unspecified atom stereocenters. The van der Waals surface area contributed by atoms with E-state index in [2.05, 4.69) is 41.2 Å². The van der Waals surface area contributed by atoms with Crippen LogP contribution in [0.4, 0.5) is 5.69 Å². The zero-order chi connectivity index (χ0) is 15.8. The molecule has 3 N–H and O–H groups in total. The standard InChI is InChI=1S/C16H22BrN3O/c1-11(2)12(7-8-18)3-6-16(21)20-15-5-4-14(17)9-13(15)10-19/h4-5,9,11-12H,3,6-8,18H2,1-2H3,(H,20,21). The third-order valence-corrected chi connectivity index (χ3v) is 4.09. The number of halogens is 1. The molecule has 0 saturated carbocycles. The molecule has 5 heteroatoms. The van der Waals surface area contributed by atoms with Crippen LogP contribution < -0.4 is 11.1 Å². The van der Waals surface area contributed by atoms with E-state index in [1.807, 2.05) is 6.07 Å². The van der Waals surface area contributed by atoms with Gasteiger partial charge in [0.05, 0.1) is 11.3 Å². The highest BCUT2D eigenvalue weighted by Crippen LogP contribution is 2.23. The first-order chi connectivity index (χ1) is 9.97. The first-order valence-corrected chi connectivity index (χ1v) is 7.96. The predicted octanol–water partition coefficient (Wildman–Crippen LogP) is 3.66. The van der Waals surface area contributed by atoms with Gasteiger partial charge in [-0.3, -0.25) is 4.79 Å². The summed E-state index contributed by atoms with van der Waals surface area (Å²) in [4.78, 5) is 12.0. The number of rotatable bonds is 7. The van der Waals surface area contributed by atoms with Crippen LogP contribution >= 0.6 is 15.9 Å². The van der Waals surface area contributed by atoms with Crippen LogP contribution in [0.25, 0.3) is 0 Å². The minimum absolute atomic E-state index is 0.0588. The van der Waals surface area contributed by atoms with Gasteiger partial charge in [-0.2, -0.15) is 5.26 Å². The van der Waals surface area contributed by atoms with Gasteiger partial charge in [-0.1, -0.05) is 29.8 Å². The van der Waals surface area contributed by atoms with Crippen molar-refractivity contribution < 1.29 is 4.79 Å². The van der Waals surface area contributed by atoms with Gasteiger partial charge >= 0.3 is 0 Å². The van der Waals surface area contributed by atoms with E-state index < -0.39 is 0 Å². The van der Waals surface area contributed by atoms with Crippen molar-refractivity contribution in [2.75, 3.05) is 11.9 Å². The molecule has 4 nitrogen and oxygen atoms in total. The van der Waals surface area contributed by atoms with E-state index in [0.29, 0.717) is 36.1 Å². The topological polar surface area (TPSA) is 78.9 Å². The molecule has 0 aromatic heterocycles. The number of carbonyl (C=O) groups is 1. The van der Waals surface area contributed by atoms with Gasteiger partial charge < -0.3 is 11.1 Å². The summed E-state index contributed by atoms with van der Waals surface area (Å²) in [6.07, 6.45) is 2.20. The minimum Gasteiger partial charge on any atom is -0.330 e. The van der Waals surface area contributed by atoms with Crippen LogP contribution in [0, 0.1) is 23.2 Å². The van der Waals surface area contributed by atoms with Gasteiger partial charge in [0.1, 0.15) is 6.07 Å². The molecule has 0 heterocycles. The number of nitriles is 1. The van der Waals surface area contributed by atoms with Crippen molar-refractivity contribution in [1.82, 2.24) is 0 Å². The maximum atomic E-state index is 12.0. The second-order valence-corrected chi connectivity index (χ2v) is 6.39. The number of amides is 1. The summed E-state index contributed by atoms with van der Waals surface area (Å²) in [7, 11) is 0. The first-order valence-electron chi connectivity index (χ1n) is 7.17. The van der Waals surface area contributed by atoms with Crippen molar-refractivity contribution in [3.8, 4) is 6.07 Å². The third kappa shape index (κ3) is 5.86.